The van der Waals surface area contributed by atoms with Crippen LogP contribution in [0.15, 0.2) is 24.3 Å². The third-order valence-corrected chi connectivity index (χ3v) is 5.71. The van der Waals surface area contributed by atoms with E-state index in [0.717, 1.165) is 6.42 Å². The normalized spacial score (nSPS) is 18.3. The fourth-order valence-electron chi connectivity index (χ4n) is 3.70. The van der Waals surface area contributed by atoms with Crippen molar-refractivity contribution in [2.75, 3.05) is 6.54 Å². The van der Waals surface area contributed by atoms with Crippen molar-refractivity contribution in [3.05, 3.63) is 29.8 Å². The summed E-state index contributed by atoms with van der Waals surface area (Å²) in [6, 6.07) is 0.975. The van der Waals surface area contributed by atoms with Crippen molar-refractivity contribution < 1.29 is 44.4 Å². The maximum absolute atomic E-state index is 13.0. The van der Waals surface area contributed by atoms with Crippen molar-refractivity contribution in [2.24, 2.45) is 0 Å². The first-order valence-corrected chi connectivity index (χ1v) is 11.5. The number of carbonyl (C=O) groups is 5. The van der Waals surface area contributed by atoms with E-state index in [-0.39, 0.29) is 18.6 Å². The van der Waals surface area contributed by atoms with Crippen molar-refractivity contribution in [1.29, 1.82) is 0 Å². The molecule has 0 aromatic heterocycles. The van der Waals surface area contributed by atoms with Gasteiger partial charge in [-0.15, -0.1) is 0 Å². The van der Waals surface area contributed by atoms with Crippen LogP contribution in [0, 0.1) is 0 Å². The summed E-state index contributed by atoms with van der Waals surface area (Å²) in [5.41, 5.74) is 0.512. The number of carbonyl (C=O) groups excluding carboxylic acids is 3. The molecule has 1 aliphatic rings. The van der Waals surface area contributed by atoms with Crippen molar-refractivity contribution in [1.82, 2.24) is 21.3 Å². The van der Waals surface area contributed by atoms with Crippen molar-refractivity contribution in [2.45, 2.75) is 69.3 Å². The second-order valence-electron chi connectivity index (χ2n) is 8.64. The molecule has 3 amide bonds. The van der Waals surface area contributed by atoms with E-state index in [0.29, 0.717) is 18.5 Å². The maximum atomic E-state index is 13.0. The van der Waals surface area contributed by atoms with E-state index in [2.05, 4.69) is 21.3 Å². The molecule has 5 atom stereocenters. The number of carboxylic acid groups (broad SMARTS) is 2. The second kappa shape index (κ2) is 13.4. The molecule has 1 aromatic carbocycles. The third kappa shape index (κ3) is 8.82. The lowest BCUT2D eigenvalue weighted by molar-refractivity contribution is -0.143. The van der Waals surface area contributed by atoms with Crippen LogP contribution in [0.2, 0.25) is 0 Å². The Hall–Kier alpha value is -3.71. The van der Waals surface area contributed by atoms with E-state index in [1.165, 1.54) is 31.2 Å². The summed E-state index contributed by atoms with van der Waals surface area (Å²) >= 11 is 0. The molecule has 198 valence electrons. The molecule has 13 heteroatoms. The Kier molecular flexibility index (Phi) is 10.6. The zero-order valence-corrected chi connectivity index (χ0v) is 19.8. The minimum Gasteiger partial charge on any atom is -0.508 e. The number of carboxylic acids is 2. The van der Waals surface area contributed by atoms with Crippen LogP contribution in [-0.2, 0) is 30.4 Å². The van der Waals surface area contributed by atoms with Crippen LogP contribution in [0.1, 0.15) is 38.2 Å². The van der Waals surface area contributed by atoms with Crippen LogP contribution in [0.25, 0.3) is 0 Å². The Morgan fingerprint density at radius 1 is 1.00 bits per heavy atom. The number of aliphatic hydroxyl groups excluding tert-OH is 1. The average Bonchev–Trinajstić information content (AvgIpc) is 3.35. The molecule has 1 heterocycles. The fraction of sp³-hybridized carbons (Fsp3) is 0.522. The molecule has 1 aliphatic heterocycles. The van der Waals surface area contributed by atoms with Gasteiger partial charge in [-0.2, -0.15) is 0 Å². The zero-order valence-electron chi connectivity index (χ0n) is 19.8. The zero-order chi connectivity index (χ0) is 26.8. The van der Waals surface area contributed by atoms with Gasteiger partial charge in [0.1, 0.15) is 23.9 Å². The molecule has 13 nitrogen and oxygen atoms in total. The highest BCUT2D eigenvalue weighted by Crippen LogP contribution is 2.13. The molecule has 1 aromatic rings. The van der Waals surface area contributed by atoms with Gasteiger partial charge in [0.15, 0.2) is 0 Å². The summed E-state index contributed by atoms with van der Waals surface area (Å²) < 4.78 is 0. The molecule has 0 bridgehead atoms. The van der Waals surface area contributed by atoms with Crippen LogP contribution in [-0.4, -0.2) is 86.9 Å². The molecule has 0 radical (unpaired) electrons. The standard InChI is InChI=1S/C23H32N4O9/c1-12(28)19(27-20(32)15-3-2-10-24-15)22(34)26-17(11-13-4-6-14(29)7-5-13)21(33)25-16(23(35)36)8-9-18(30)31/h4-7,12,15-17,19,24,28-29H,2-3,8-11H2,1H3,(H,25,33)(H,26,34)(H,27,32)(H,30,31)(H,35,36). The number of nitrogens with one attached hydrogen (secondary N) is 4. The maximum Gasteiger partial charge on any atom is 0.326 e. The van der Waals surface area contributed by atoms with E-state index >= 15 is 0 Å². The highest BCUT2D eigenvalue weighted by Gasteiger charge is 2.33. The molecule has 5 unspecified atom stereocenters. The molecular weight excluding hydrogens is 476 g/mol. The SMILES string of the molecule is CC(O)C(NC(=O)C1CCCN1)C(=O)NC(Cc1ccc(O)cc1)C(=O)NC(CCC(=O)O)C(=O)O. The highest BCUT2D eigenvalue weighted by atomic mass is 16.4. The van der Waals surface area contributed by atoms with Crippen molar-refractivity contribution in [3.63, 3.8) is 0 Å². The van der Waals surface area contributed by atoms with E-state index < -0.39 is 66.4 Å². The first-order chi connectivity index (χ1) is 17.0. The number of aliphatic hydroxyl groups is 1. The lowest BCUT2D eigenvalue weighted by Gasteiger charge is -2.26. The smallest absolute Gasteiger partial charge is 0.326 e. The predicted octanol–water partition coefficient (Wildman–Crippen LogP) is -1.53. The summed E-state index contributed by atoms with van der Waals surface area (Å²) in [6.45, 7) is 1.94. The Morgan fingerprint density at radius 3 is 2.17 bits per heavy atom. The van der Waals surface area contributed by atoms with Gasteiger partial charge in [-0.25, -0.2) is 4.79 Å². The third-order valence-electron chi connectivity index (χ3n) is 5.71. The van der Waals surface area contributed by atoms with Crippen LogP contribution < -0.4 is 21.3 Å². The molecule has 0 saturated carbocycles. The minimum absolute atomic E-state index is 0.0270. The number of aromatic hydroxyl groups is 1. The Bertz CT molecular complexity index is 945. The van der Waals surface area contributed by atoms with Gasteiger partial charge in [-0.3, -0.25) is 19.2 Å². The van der Waals surface area contributed by atoms with Crippen LogP contribution in [0.3, 0.4) is 0 Å². The van der Waals surface area contributed by atoms with E-state index in [1.807, 2.05) is 0 Å². The van der Waals surface area contributed by atoms with Gasteiger partial charge in [-0.05, 0) is 50.4 Å². The molecule has 8 N–H and O–H groups in total. The van der Waals surface area contributed by atoms with E-state index in [1.54, 1.807) is 0 Å². The largest absolute Gasteiger partial charge is 0.508 e. The first kappa shape index (κ1) is 28.5. The van der Waals surface area contributed by atoms with Crippen LogP contribution >= 0.6 is 0 Å². The van der Waals surface area contributed by atoms with E-state index in [4.69, 9.17) is 5.11 Å². The summed E-state index contributed by atoms with van der Waals surface area (Å²) in [7, 11) is 0. The molecule has 0 spiro atoms. The van der Waals surface area contributed by atoms with Crippen LogP contribution in [0.5, 0.6) is 5.75 Å². The highest BCUT2D eigenvalue weighted by molar-refractivity contribution is 5.94. The van der Waals surface area contributed by atoms with Gasteiger partial charge >= 0.3 is 11.9 Å². The molecule has 36 heavy (non-hydrogen) atoms. The van der Waals surface area contributed by atoms with Crippen molar-refractivity contribution in [3.8, 4) is 5.75 Å². The molecule has 1 saturated heterocycles. The molecule has 0 aliphatic carbocycles. The molecular formula is C23H32N4O9. The Morgan fingerprint density at radius 2 is 1.64 bits per heavy atom. The van der Waals surface area contributed by atoms with Crippen LogP contribution in [0.4, 0.5) is 0 Å². The number of phenols is 1. The second-order valence-corrected chi connectivity index (χ2v) is 8.64. The lowest BCUT2D eigenvalue weighted by Crippen LogP contribution is -2.60. The van der Waals surface area contributed by atoms with E-state index in [9.17, 15) is 39.3 Å². The van der Waals surface area contributed by atoms with Crippen molar-refractivity contribution >= 4 is 29.7 Å². The number of phenolic OH excluding ortho intramolecular Hbond substituents is 1. The number of aliphatic carboxylic acids is 2. The number of hydrogen-bond acceptors (Lipinski definition) is 8. The summed E-state index contributed by atoms with van der Waals surface area (Å²) in [5, 5.41) is 48.0. The number of rotatable bonds is 13. The molecule has 1 fully saturated rings. The van der Waals surface area contributed by atoms with Gasteiger partial charge in [0, 0.05) is 12.8 Å². The average molecular weight is 509 g/mol. The van der Waals surface area contributed by atoms with Gasteiger partial charge in [0.2, 0.25) is 17.7 Å². The van der Waals surface area contributed by atoms with Gasteiger partial charge in [-0.1, -0.05) is 12.1 Å². The summed E-state index contributed by atoms with van der Waals surface area (Å²) in [6.07, 6.45) is -0.957. The topological polar surface area (TPSA) is 214 Å². The lowest BCUT2D eigenvalue weighted by atomic mass is 10.0. The van der Waals surface area contributed by atoms with Gasteiger partial charge in [0.05, 0.1) is 12.1 Å². The first-order valence-electron chi connectivity index (χ1n) is 11.5. The fourth-order valence-corrected chi connectivity index (χ4v) is 3.70. The Labute approximate surface area is 207 Å². The summed E-state index contributed by atoms with van der Waals surface area (Å²) in [5.74, 6) is -4.96. The minimum atomic E-state index is -1.52. The Balaban J connectivity index is 2.20. The monoisotopic (exact) mass is 508 g/mol. The summed E-state index contributed by atoms with van der Waals surface area (Å²) in [4.78, 5) is 60.8. The quantitative estimate of drug-likeness (QED) is 0.154. The number of hydrogen-bond donors (Lipinski definition) is 8. The number of benzene rings is 1. The molecule has 2 rings (SSSR count). The predicted molar refractivity (Wildman–Crippen MR) is 125 cm³/mol. The van der Waals surface area contributed by atoms with Gasteiger partial charge < -0.3 is 41.7 Å². The number of amides is 3. The van der Waals surface area contributed by atoms with Gasteiger partial charge in [0.25, 0.3) is 0 Å².